The number of halogens is 1. The lowest BCUT2D eigenvalue weighted by Gasteiger charge is -2.07. The van der Waals surface area contributed by atoms with Crippen molar-refractivity contribution in [2.24, 2.45) is 0 Å². The van der Waals surface area contributed by atoms with Crippen molar-refractivity contribution in [3.05, 3.63) is 52.3 Å². The molecule has 1 aliphatic carbocycles. The van der Waals surface area contributed by atoms with Crippen molar-refractivity contribution in [3.63, 3.8) is 0 Å². The highest BCUT2D eigenvalue weighted by Crippen LogP contribution is 2.26. The van der Waals surface area contributed by atoms with Crippen LogP contribution in [0.5, 0.6) is 5.75 Å². The van der Waals surface area contributed by atoms with E-state index in [4.69, 9.17) is 4.74 Å². The zero-order valence-electron chi connectivity index (χ0n) is 11.6. The first-order valence-electron chi connectivity index (χ1n) is 6.95. The predicted octanol–water partition coefficient (Wildman–Crippen LogP) is 3.56. The Labute approximate surface area is 128 Å². The van der Waals surface area contributed by atoms with Gasteiger partial charge in [-0.2, -0.15) is 0 Å². The van der Waals surface area contributed by atoms with E-state index in [1.54, 1.807) is 7.11 Å². The van der Waals surface area contributed by atoms with Gasteiger partial charge in [0.1, 0.15) is 5.75 Å². The molecule has 0 spiro atoms. The minimum Gasteiger partial charge on any atom is -0.496 e. The van der Waals surface area contributed by atoms with Gasteiger partial charge in [0, 0.05) is 31.5 Å². The maximum atomic E-state index is 5.25. The number of nitrogens with zero attached hydrogens (tertiary/aromatic N) is 1. The number of methoxy groups -OCH3 is 1. The molecule has 1 heterocycles. The monoisotopic (exact) mass is 334 g/mol. The Bertz CT molecular complexity index is 590. The van der Waals surface area contributed by atoms with Gasteiger partial charge in [-0.05, 0) is 58.1 Å². The van der Waals surface area contributed by atoms with Crippen LogP contribution in [0.1, 0.15) is 24.0 Å². The van der Waals surface area contributed by atoms with E-state index >= 15 is 0 Å². The Balaban J connectivity index is 1.63. The standard InChI is InChI=1S/C16H19BrN2O/c1-20-16-5-2-12(8-15(16)17)10-19-7-6-13(11-19)9-18-14-3-4-14/h2,5-8,11,14,18H,3-4,9-10H2,1H3. The molecule has 0 saturated heterocycles. The van der Waals surface area contributed by atoms with Crippen molar-refractivity contribution in [1.29, 1.82) is 0 Å². The highest BCUT2D eigenvalue weighted by atomic mass is 79.9. The molecule has 1 aliphatic rings. The highest BCUT2D eigenvalue weighted by molar-refractivity contribution is 9.10. The number of benzene rings is 1. The van der Waals surface area contributed by atoms with E-state index in [0.29, 0.717) is 0 Å². The maximum Gasteiger partial charge on any atom is 0.133 e. The number of hydrogen-bond donors (Lipinski definition) is 1. The van der Waals surface area contributed by atoms with E-state index in [1.165, 1.54) is 24.0 Å². The SMILES string of the molecule is COc1ccc(Cn2ccc(CNC3CC3)c2)cc1Br. The normalized spacial score (nSPS) is 14.5. The summed E-state index contributed by atoms with van der Waals surface area (Å²) in [6.07, 6.45) is 7.02. The summed E-state index contributed by atoms with van der Waals surface area (Å²) in [5.74, 6) is 0.871. The quantitative estimate of drug-likeness (QED) is 0.874. The van der Waals surface area contributed by atoms with Crippen molar-refractivity contribution in [1.82, 2.24) is 9.88 Å². The first-order valence-corrected chi connectivity index (χ1v) is 7.74. The third-order valence-electron chi connectivity index (χ3n) is 3.57. The van der Waals surface area contributed by atoms with Crippen molar-refractivity contribution in [2.45, 2.75) is 32.0 Å². The fraction of sp³-hybridized carbons (Fsp3) is 0.375. The third-order valence-corrected chi connectivity index (χ3v) is 4.19. The zero-order valence-corrected chi connectivity index (χ0v) is 13.2. The van der Waals surface area contributed by atoms with Gasteiger partial charge in [0.2, 0.25) is 0 Å². The van der Waals surface area contributed by atoms with Gasteiger partial charge in [-0.1, -0.05) is 6.07 Å². The molecule has 4 heteroatoms. The lowest BCUT2D eigenvalue weighted by atomic mass is 10.2. The summed E-state index contributed by atoms with van der Waals surface area (Å²) in [6.45, 7) is 1.86. The Kier molecular flexibility index (Phi) is 4.13. The summed E-state index contributed by atoms with van der Waals surface area (Å²) in [5, 5.41) is 3.54. The second-order valence-electron chi connectivity index (χ2n) is 5.32. The summed E-state index contributed by atoms with van der Waals surface area (Å²) in [5.41, 5.74) is 2.61. The summed E-state index contributed by atoms with van der Waals surface area (Å²) in [7, 11) is 1.69. The molecule has 1 N–H and O–H groups in total. The van der Waals surface area contributed by atoms with Crippen molar-refractivity contribution >= 4 is 15.9 Å². The number of nitrogens with one attached hydrogen (secondary N) is 1. The molecule has 0 amide bonds. The van der Waals surface area contributed by atoms with Gasteiger partial charge in [0.15, 0.2) is 0 Å². The molecule has 3 nitrogen and oxygen atoms in total. The Morgan fingerprint density at radius 3 is 2.85 bits per heavy atom. The second-order valence-corrected chi connectivity index (χ2v) is 6.17. The van der Waals surface area contributed by atoms with Crippen molar-refractivity contribution in [3.8, 4) is 5.75 Å². The molecule has 2 aromatic rings. The Morgan fingerprint density at radius 1 is 1.30 bits per heavy atom. The van der Waals surface area contributed by atoms with Gasteiger partial charge in [-0.15, -0.1) is 0 Å². The molecular weight excluding hydrogens is 316 g/mol. The van der Waals surface area contributed by atoms with E-state index in [0.717, 1.165) is 29.4 Å². The van der Waals surface area contributed by atoms with Crippen LogP contribution in [0.15, 0.2) is 41.1 Å². The number of hydrogen-bond acceptors (Lipinski definition) is 2. The minimum absolute atomic E-state index is 0.760. The molecule has 1 aromatic heterocycles. The van der Waals surface area contributed by atoms with Crippen LogP contribution >= 0.6 is 15.9 Å². The molecule has 1 fully saturated rings. The number of aromatic nitrogens is 1. The van der Waals surface area contributed by atoms with Crippen molar-refractivity contribution < 1.29 is 4.74 Å². The molecule has 0 radical (unpaired) electrons. The zero-order chi connectivity index (χ0) is 13.9. The van der Waals surface area contributed by atoms with Gasteiger partial charge in [-0.25, -0.2) is 0 Å². The summed E-state index contributed by atoms with van der Waals surface area (Å²) in [6, 6.07) is 9.16. The van der Waals surface area contributed by atoms with Crippen LogP contribution in [0.25, 0.3) is 0 Å². The molecule has 1 saturated carbocycles. The molecular formula is C16H19BrN2O. The second kappa shape index (κ2) is 6.02. The maximum absolute atomic E-state index is 5.25. The smallest absolute Gasteiger partial charge is 0.133 e. The van der Waals surface area contributed by atoms with Gasteiger partial charge in [0.25, 0.3) is 0 Å². The van der Waals surface area contributed by atoms with Crippen molar-refractivity contribution in [2.75, 3.05) is 7.11 Å². The topological polar surface area (TPSA) is 26.2 Å². The third kappa shape index (κ3) is 3.44. The minimum atomic E-state index is 0.760. The van der Waals surface area contributed by atoms with Gasteiger partial charge >= 0.3 is 0 Å². The summed E-state index contributed by atoms with van der Waals surface area (Å²) in [4.78, 5) is 0. The molecule has 0 atom stereocenters. The van der Waals surface area contributed by atoms with E-state index in [2.05, 4.69) is 56.4 Å². The van der Waals surface area contributed by atoms with Crippen LogP contribution in [0, 0.1) is 0 Å². The van der Waals surface area contributed by atoms with Gasteiger partial charge in [0.05, 0.1) is 11.6 Å². The molecule has 1 aromatic carbocycles. The van der Waals surface area contributed by atoms with Crippen LogP contribution in [0.2, 0.25) is 0 Å². The van der Waals surface area contributed by atoms with E-state index in [1.807, 2.05) is 6.07 Å². The largest absolute Gasteiger partial charge is 0.496 e. The Hall–Kier alpha value is -1.26. The van der Waals surface area contributed by atoms with Crippen LogP contribution in [0.4, 0.5) is 0 Å². The van der Waals surface area contributed by atoms with Crippen LogP contribution in [-0.4, -0.2) is 17.7 Å². The van der Waals surface area contributed by atoms with Gasteiger partial charge < -0.3 is 14.6 Å². The van der Waals surface area contributed by atoms with Crippen LogP contribution in [-0.2, 0) is 13.1 Å². The number of rotatable bonds is 6. The fourth-order valence-electron chi connectivity index (χ4n) is 2.26. The Morgan fingerprint density at radius 2 is 2.15 bits per heavy atom. The first kappa shape index (κ1) is 13.7. The highest BCUT2D eigenvalue weighted by Gasteiger charge is 2.19. The van der Waals surface area contributed by atoms with E-state index in [-0.39, 0.29) is 0 Å². The van der Waals surface area contributed by atoms with Crippen LogP contribution in [0.3, 0.4) is 0 Å². The summed E-state index contributed by atoms with van der Waals surface area (Å²) >= 11 is 3.53. The lowest BCUT2D eigenvalue weighted by molar-refractivity contribution is 0.412. The molecule has 3 rings (SSSR count). The molecule has 0 aliphatic heterocycles. The average molecular weight is 335 g/mol. The van der Waals surface area contributed by atoms with Gasteiger partial charge in [-0.3, -0.25) is 0 Å². The van der Waals surface area contributed by atoms with E-state index in [9.17, 15) is 0 Å². The fourth-order valence-corrected chi connectivity index (χ4v) is 2.85. The number of ether oxygens (including phenoxy) is 1. The summed E-state index contributed by atoms with van der Waals surface area (Å²) < 4.78 is 8.47. The molecule has 20 heavy (non-hydrogen) atoms. The van der Waals surface area contributed by atoms with Crippen LogP contribution < -0.4 is 10.1 Å². The molecule has 106 valence electrons. The first-order chi connectivity index (χ1) is 9.74. The molecule has 0 unspecified atom stereocenters. The lowest BCUT2D eigenvalue weighted by Crippen LogP contribution is -2.14. The van der Waals surface area contributed by atoms with E-state index < -0.39 is 0 Å². The predicted molar refractivity (Wildman–Crippen MR) is 84.1 cm³/mol. The average Bonchev–Trinajstić information content (AvgIpc) is 3.17. The molecule has 0 bridgehead atoms.